The van der Waals surface area contributed by atoms with E-state index in [4.69, 9.17) is 23.2 Å². The Bertz CT molecular complexity index is 937. The number of halogens is 2. The van der Waals surface area contributed by atoms with Crippen molar-refractivity contribution in [1.82, 2.24) is 10.3 Å². The maximum absolute atomic E-state index is 12.1. The molecule has 1 heterocycles. The fraction of sp³-hybridized carbons (Fsp3) is 0.111. The van der Waals surface area contributed by atoms with E-state index in [-0.39, 0.29) is 29.8 Å². The van der Waals surface area contributed by atoms with Gasteiger partial charge in [-0.1, -0.05) is 47.5 Å². The summed E-state index contributed by atoms with van der Waals surface area (Å²) >= 11 is 11.9. The van der Waals surface area contributed by atoms with E-state index in [1.54, 1.807) is 24.4 Å². The van der Waals surface area contributed by atoms with Gasteiger partial charge in [-0.05, 0) is 23.8 Å². The average Bonchev–Trinajstić information content (AvgIpc) is 3.00. The first-order chi connectivity index (χ1) is 12.0. The molecule has 5 nitrogen and oxygen atoms in total. The van der Waals surface area contributed by atoms with Crippen molar-refractivity contribution >= 4 is 51.6 Å². The maximum atomic E-state index is 12.1. The number of hydrogen-bond donors (Lipinski definition) is 3. The molecular formula is C18H15Cl2N3O2. The molecule has 7 heteroatoms. The van der Waals surface area contributed by atoms with Crippen LogP contribution in [0.5, 0.6) is 0 Å². The van der Waals surface area contributed by atoms with Gasteiger partial charge in [-0.15, -0.1) is 0 Å². The van der Waals surface area contributed by atoms with Crippen LogP contribution < -0.4 is 10.6 Å². The van der Waals surface area contributed by atoms with Gasteiger partial charge in [-0.2, -0.15) is 0 Å². The van der Waals surface area contributed by atoms with Crippen molar-refractivity contribution in [3.63, 3.8) is 0 Å². The molecule has 0 saturated heterocycles. The summed E-state index contributed by atoms with van der Waals surface area (Å²) < 4.78 is 0. The van der Waals surface area contributed by atoms with Gasteiger partial charge < -0.3 is 15.6 Å². The van der Waals surface area contributed by atoms with Gasteiger partial charge in [0.25, 0.3) is 0 Å². The van der Waals surface area contributed by atoms with Gasteiger partial charge in [0.15, 0.2) is 0 Å². The van der Waals surface area contributed by atoms with E-state index < -0.39 is 0 Å². The minimum Gasteiger partial charge on any atom is -0.361 e. The summed E-state index contributed by atoms with van der Waals surface area (Å²) in [4.78, 5) is 27.2. The molecule has 3 aromatic rings. The minimum atomic E-state index is -0.378. The standard InChI is InChI=1S/C18H15Cl2N3O2/c19-13-5-3-7-15(18(13)20)23-17(25)10-22-16(24)8-11-9-21-14-6-2-1-4-12(11)14/h1-7,9,21H,8,10H2,(H,22,24)(H,23,25). The first-order valence-corrected chi connectivity index (χ1v) is 8.36. The summed E-state index contributed by atoms with van der Waals surface area (Å²) in [7, 11) is 0. The molecule has 1 aromatic heterocycles. The highest BCUT2D eigenvalue weighted by Crippen LogP contribution is 2.29. The van der Waals surface area contributed by atoms with Crippen molar-refractivity contribution in [3.8, 4) is 0 Å². The normalized spacial score (nSPS) is 10.6. The Morgan fingerprint density at radius 3 is 2.64 bits per heavy atom. The largest absolute Gasteiger partial charge is 0.361 e. The SMILES string of the molecule is O=C(Cc1c[nH]c2ccccc12)NCC(=O)Nc1cccc(Cl)c1Cl. The second kappa shape index (κ2) is 7.59. The van der Waals surface area contributed by atoms with E-state index in [1.165, 1.54) is 0 Å². The smallest absolute Gasteiger partial charge is 0.243 e. The Kier molecular flexibility index (Phi) is 5.26. The molecule has 0 spiro atoms. The quantitative estimate of drug-likeness (QED) is 0.634. The molecule has 25 heavy (non-hydrogen) atoms. The zero-order valence-corrected chi connectivity index (χ0v) is 14.6. The van der Waals surface area contributed by atoms with Crippen LogP contribution in [0, 0.1) is 0 Å². The molecule has 3 N–H and O–H groups in total. The number of hydrogen-bond acceptors (Lipinski definition) is 2. The second-order valence-corrected chi connectivity index (χ2v) is 6.25. The first-order valence-electron chi connectivity index (χ1n) is 7.60. The Hall–Kier alpha value is -2.50. The zero-order chi connectivity index (χ0) is 17.8. The van der Waals surface area contributed by atoms with Crippen molar-refractivity contribution in [3.05, 3.63) is 64.3 Å². The molecule has 128 valence electrons. The summed E-state index contributed by atoms with van der Waals surface area (Å²) in [5.41, 5.74) is 2.26. The molecule has 0 atom stereocenters. The van der Waals surface area contributed by atoms with Crippen LogP contribution >= 0.6 is 23.2 Å². The molecule has 0 aliphatic heterocycles. The lowest BCUT2D eigenvalue weighted by Gasteiger charge is -2.09. The van der Waals surface area contributed by atoms with Crippen molar-refractivity contribution in [2.75, 3.05) is 11.9 Å². The average molecular weight is 376 g/mol. The molecule has 0 aliphatic carbocycles. The van der Waals surface area contributed by atoms with Crippen molar-refractivity contribution in [2.45, 2.75) is 6.42 Å². The van der Waals surface area contributed by atoms with E-state index in [9.17, 15) is 9.59 Å². The molecule has 0 bridgehead atoms. The van der Waals surface area contributed by atoms with E-state index in [2.05, 4.69) is 15.6 Å². The number of carbonyl (C=O) groups is 2. The number of fused-ring (bicyclic) bond motifs is 1. The lowest BCUT2D eigenvalue weighted by molar-refractivity contribution is -0.123. The summed E-state index contributed by atoms with van der Waals surface area (Å²) in [5.74, 6) is -0.617. The van der Waals surface area contributed by atoms with E-state index >= 15 is 0 Å². The number of rotatable bonds is 5. The third-order valence-corrected chi connectivity index (χ3v) is 4.52. The van der Waals surface area contributed by atoms with E-state index in [0.717, 1.165) is 16.5 Å². The zero-order valence-electron chi connectivity index (χ0n) is 13.1. The molecule has 0 aliphatic rings. The highest BCUT2D eigenvalue weighted by atomic mass is 35.5. The lowest BCUT2D eigenvalue weighted by atomic mass is 10.1. The Balaban J connectivity index is 1.55. The number of anilines is 1. The highest BCUT2D eigenvalue weighted by molar-refractivity contribution is 6.44. The minimum absolute atomic E-state index is 0.149. The van der Waals surface area contributed by atoms with Gasteiger partial charge >= 0.3 is 0 Å². The molecule has 0 unspecified atom stereocenters. The number of para-hydroxylation sites is 1. The molecule has 2 aromatic carbocycles. The summed E-state index contributed by atoms with van der Waals surface area (Å²) in [6.07, 6.45) is 1.99. The number of carbonyl (C=O) groups excluding carboxylic acids is 2. The number of nitrogens with one attached hydrogen (secondary N) is 3. The number of H-pyrrole nitrogens is 1. The molecule has 0 saturated carbocycles. The Morgan fingerprint density at radius 2 is 1.80 bits per heavy atom. The van der Waals surface area contributed by atoms with Crippen LogP contribution in [0.3, 0.4) is 0 Å². The predicted molar refractivity (Wildman–Crippen MR) is 100 cm³/mol. The summed E-state index contributed by atoms with van der Waals surface area (Å²) in [6.45, 7) is -0.149. The van der Waals surface area contributed by atoms with Crippen LogP contribution in [0.2, 0.25) is 10.0 Å². The van der Waals surface area contributed by atoms with Gasteiger partial charge in [0.1, 0.15) is 0 Å². The molecule has 3 rings (SSSR count). The van der Waals surface area contributed by atoms with Crippen molar-refractivity contribution in [1.29, 1.82) is 0 Å². The highest BCUT2D eigenvalue weighted by Gasteiger charge is 2.11. The van der Waals surface area contributed by atoms with Crippen LogP contribution in [-0.4, -0.2) is 23.3 Å². The van der Waals surface area contributed by atoms with Gasteiger partial charge in [0.2, 0.25) is 11.8 Å². The summed E-state index contributed by atoms with van der Waals surface area (Å²) in [5, 5.41) is 6.83. The molecule has 0 fully saturated rings. The van der Waals surface area contributed by atoms with Crippen LogP contribution in [0.1, 0.15) is 5.56 Å². The van der Waals surface area contributed by atoms with Gasteiger partial charge in [-0.3, -0.25) is 9.59 Å². The van der Waals surface area contributed by atoms with Gasteiger partial charge in [-0.25, -0.2) is 0 Å². The maximum Gasteiger partial charge on any atom is 0.243 e. The summed E-state index contributed by atoms with van der Waals surface area (Å²) in [6, 6.07) is 12.7. The second-order valence-electron chi connectivity index (χ2n) is 5.46. The molecule has 0 radical (unpaired) electrons. The Morgan fingerprint density at radius 1 is 1.00 bits per heavy atom. The number of aromatic amines is 1. The van der Waals surface area contributed by atoms with Crippen LogP contribution in [0.25, 0.3) is 10.9 Å². The fourth-order valence-corrected chi connectivity index (χ4v) is 2.83. The van der Waals surface area contributed by atoms with E-state index in [0.29, 0.717) is 10.7 Å². The molecular weight excluding hydrogens is 361 g/mol. The van der Waals surface area contributed by atoms with Crippen molar-refractivity contribution < 1.29 is 9.59 Å². The monoisotopic (exact) mass is 375 g/mol. The van der Waals surface area contributed by atoms with Gasteiger partial charge in [0.05, 0.1) is 28.7 Å². The van der Waals surface area contributed by atoms with Crippen LogP contribution in [0.15, 0.2) is 48.7 Å². The molecule has 2 amide bonds. The van der Waals surface area contributed by atoms with Gasteiger partial charge in [0, 0.05) is 17.1 Å². The predicted octanol–water partition coefficient (Wildman–Crippen LogP) is 3.77. The first kappa shape index (κ1) is 17.3. The number of benzene rings is 2. The third kappa shape index (κ3) is 4.13. The topological polar surface area (TPSA) is 74.0 Å². The number of aromatic nitrogens is 1. The third-order valence-electron chi connectivity index (χ3n) is 3.70. The van der Waals surface area contributed by atoms with E-state index in [1.807, 2.05) is 24.3 Å². The van der Waals surface area contributed by atoms with Crippen LogP contribution in [-0.2, 0) is 16.0 Å². The van der Waals surface area contributed by atoms with Crippen LogP contribution in [0.4, 0.5) is 5.69 Å². The Labute approximate surface area is 154 Å². The lowest BCUT2D eigenvalue weighted by Crippen LogP contribution is -2.33. The fourth-order valence-electron chi connectivity index (χ4n) is 2.49. The van der Waals surface area contributed by atoms with Crippen molar-refractivity contribution in [2.24, 2.45) is 0 Å². The number of amides is 2.